The third kappa shape index (κ3) is 2.61. The minimum absolute atomic E-state index is 0.308. The fraction of sp³-hybridized carbons (Fsp3) is 0.250. The van der Waals surface area contributed by atoms with Crippen LogP contribution in [0.25, 0.3) is 0 Å². The molecule has 19 heavy (non-hydrogen) atoms. The van der Waals surface area contributed by atoms with E-state index in [1.807, 2.05) is 32.0 Å². The van der Waals surface area contributed by atoms with Crippen molar-refractivity contribution in [3.63, 3.8) is 0 Å². The lowest BCUT2D eigenvalue weighted by Gasteiger charge is -2.20. The third-order valence-electron chi connectivity index (χ3n) is 3.38. The van der Waals surface area contributed by atoms with Crippen LogP contribution in [0.2, 0.25) is 0 Å². The summed E-state index contributed by atoms with van der Waals surface area (Å²) in [5.41, 5.74) is 10.2. The average Bonchev–Trinajstić information content (AvgIpc) is 2.38. The van der Waals surface area contributed by atoms with Crippen LogP contribution in [0, 0.1) is 19.7 Å². The Morgan fingerprint density at radius 1 is 1.11 bits per heavy atom. The molecule has 2 rings (SSSR count). The first-order valence-corrected chi connectivity index (χ1v) is 6.19. The normalized spacial score (nSPS) is 12.3. The van der Waals surface area contributed by atoms with Gasteiger partial charge in [0.1, 0.15) is 11.6 Å². The van der Waals surface area contributed by atoms with Crippen molar-refractivity contribution in [1.82, 2.24) is 0 Å². The van der Waals surface area contributed by atoms with E-state index in [1.165, 1.54) is 12.1 Å². The maximum absolute atomic E-state index is 13.4. The molecule has 1 atom stereocenters. The van der Waals surface area contributed by atoms with Crippen molar-refractivity contribution < 1.29 is 9.13 Å². The number of hydrogen-bond donors (Lipinski definition) is 1. The summed E-state index contributed by atoms with van der Waals surface area (Å²) in [5.74, 6) is 0.300. The van der Waals surface area contributed by atoms with Crippen LogP contribution in [-0.2, 0) is 0 Å². The second-order valence-corrected chi connectivity index (χ2v) is 4.67. The smallest absolute Gasteiger partial charge is 0.124 e. The topological polar surface area (TPSA) is 35.2 Å². The molecule has 2 nitrogen and oxygen atoms in total. The molecule has 2 N–H and O–H groups in total. The lowest BCUT2D eigenvalue weighted by atomic mass is 9.91. The van der Waals surface area contributed by atoms with Gasteiger partial charge in [-0.2, -0.15) is 0 Å². The van der Waals surface area contributed by atoms with Crippen molar-refractivity contribution in [2.45, 2.75) is 19.9 Å². The Bertz CT molecular complexity index is 575. The number of methoxy groups -OCH3 is 1. The van der Waals surface area contributed by atoms with Crippen LogP contribution < -0.4 is 10.5 Å². The van der Waals surface area contributed by atoms with Gasteiger partial charge in [0.25, 0.3) is 0 Å². The van der Waals surface area contributed by atoms with E-state index in [-0.39, 0.29) is 5.82 Å². The Labute approximate surface area is 113 Å². The Balaban J connectivity index is 2.55. The minimum atomic E-state index is -0.396. The molecule has 0 spiro atoms. The van der Waals surface area contributed by atoms with Gasteiger partial charge in [0.15, 0.2) is 0 Å². The molecule has 0 aliphatic rings. The van der Waals surface area contributed by atoms with E-state index >= 15 is 0 Å². The van der Waals surface area contributed by atoms with Crippen molar-refractivity contribution >= 4 is 0 Å². The predicted octanol–water partition coefficient (Wildman–Crippen LogP) is 3.50. The number of ether oxygens (including phenoxy) is 1. The Kier molecular flexibility index (Phi) is 3.86. The zero-order valence-corrected chi connectivity index (χ0v) is 11.4. The summed E-state index contributed by atoms with van der Waals surface area (Å²) >= 11 is 0. The molecule has 0 heterocycles. The Morgan fingerprint density at radius 2 is 1.74 bits per heavy atom. The number of nitrogens with two attached hydrogens (primary N) is 1. The molecular weight excluding hydrogens is 241 g/mol. The lowest BCUT2D eigenvalue weighted by molar-refractivity contribution is 0.406. The highest BCUT2D eigenvalue weighted by Crippen LogP contribution is 2.32. The van der Waals surface area contributed by atoms with Crippen molar-refractivity contribution in [1.29, 1.82) is 0 Å². The largest absolute Gasteiger partial charge is 0.496 e. The molecule has 2 aromatic carbocycles. The molecule has 0 aliphatic carbocycles. The van der Waals surface area contributed by atoms with Gasteiger partial charge in [0.2, 0.25) is 0 Å². The fourth-order valence-corrected chi connectivity index (χ4v) is 2.42. The minimum Gasteiger partial charge on any atom is -0.496 e. The number of aryl methyl sites for hydroxylation is 2. The summed E-state index contributed by atoms with van der Waals surface area (Å²) in [4.78, 5) is 0. The summed E-state index contributed by atoms with van der Waals surface area (Å²) in [7, 11) is 1.56. The first kappa shape index (κ1) is 13.6. The highest BCUT2D eigenvalue weighted by Gasteiger charge is 2.18. The van der Waals surface area contributed by atoms with Gasteiger partial charge < -0.3 is 10.5 Å². The van der Waals surface area contributed by atoms with E-state index in [1.54, 1.807) is 13.2 Å². The molecule has 0 saturated carbocycles. The van der Waals surface area contributed by atoms with Crippen molar-refractivity contribution in [2.24, 2.45) is 5.73 Å². The van der Waals surface area contributed by atoms with Crippen LogP contribution in [0.4, 0.5) is 4.39 Å². The van der Waals surface area contributed by atoms with Gasteiger partial charge >= 0.3 is 0 Å². The Morgan fingerprint density at radius 3 is 2.32 bits per heavy atom. The summed E-state index contributed by atoms with van der Waals surface area (Å²) in [5, 5.41) is 0. The number of benzene rings is 2. The molecule has 0 aromatic heterocycles. The van der Waals surface area contributed by atoms with Gasteiger partial charge in [-0.3, -0.25) is 0 Å². The zero-order chi connectivity index (χ0) is 14.0. The van der Waals surface area contributed by atoms with Crippen LogP contribution in [0.1, 0.15) is 28.3 Å². The zero-order valence-electron chi connectivity index (χ0n) is 11.4. The van der Waals surface area contributed by atoms with E-state index in [9.17, 15) is 4.39 Å². The summed E-state index contributed by atoms with van der Waals surface area (Å²) < 4.78 is 18.7. The van der Waals surface area contributed by atoms with Crippen LogP contribution in [-0.4, -0.2) is 7.11 Å². The van der Waals surface area contributed by atoms with Crippen LogP contribution in [0.5, 0.6) is 5.75 Å². The Hall–Kier alpha value is -1.87. The van der Waals surface area contributed by atoms with Crippen LogP contribution >= 0.6 is 0 Å². The maximum Gasteiger partial charge on any atom is 0.124 e. The summed E-state index contributed by atoms with van der Waals surface area (Å²) in [6.45, 7) is 4.02. The van der Waals surface area contributed by atoms with Crippen molar-refractivity contribution in [2.75, 3.05) is 7.11 Å². The molecular formula is C16H18FNO. The van der Waals surface area contributed by atoms with E-state index in [0.29, 0.717) is 11.3 Å². The average molecular weight is 259 g/mol. The van der Waals surface area contributed by atoms with Gasteiger partial charge in [0.05, 0.1) is 13.2 Å². The van der Waals surface area contributed by atoms with Gasteiger partial charge in [-0.25, -0.2) is 4.39 Å². The monoisotopic (exact) mass is 259 g/mol. The van der Waals surface area contributed by atoms with Crippen LogP contribution in [0.3, 0.4) is 0 Å². The lowest BCUT2D eigenvalue weighted by Crippen LogP contribution is -2.16. The second-order valence-electron chi connectivity index (χ2n) is 4.67. The van der Waals surface area contributed by atoms with E-state index in [4.69, 9.17) is 10.5 Å². The highest BCUT2D eigenvalue weighted by atomic mass is 19.1. The molecule has 2 aromatic rings. The van der Waals surface area contributed by atoms with Crippen molar-refractivity contribution in [3.8, 4) is 5.75 Å². The van der Waals surface area contributed by atoms with Gasteiger partial charge in [-0.1, -0.05) is 18.2 Å². The molecule has 0 fully saturated rings. The van der Waals surface area contributed by atoms with E-state index in [0.717, 1.165) is 16.7 Å². The summed E-state index contributed by atoms with van der Waals surface area (Å²) in [6.07, 6.45) is 0. The second kappa shape index (κ2) is 5.41. The van der Waals surface area contributed by atoms with Gasteiger partial charge in [-0.05, 0) is 48.7 Å². The van der Waals surface area contributed by atoms with E-state index in [2.05, 4.69) is 0 Å². The molecule has 0 amide bonds. The molecule has 3 heteroatoms. The highest BCUT2D eigenvalue weighted by molar-refractivity contribution is 5.46. The number of hydrogen-bond acceptors (Lipinski definition) is 2. The molecule has 0 saturated heterocycles. The summed E-state index contributed by atoms with van der Waals surface area (Å²) in [6, 6.07) is 10.0. The molecule has 0 radical (unpaired) electrons. The van der Waals surface area contributed by atoms with E-state index < -0.39 is 6.04 Å². The number of rotatable bonds is 3. The molecule has 100 valence electrons. The van der Waals surface area contributed by atoms with Crippen molar-refractivity contribution in [3.05, 3.63) is 64.5 Å². The van der Waals surface area contributed by atoms with Gasteiger partial charge in [-0.15, -0.1) is 0 Å². The third-order valence-corrected chi connectivity index (χ3v) is 3.38. The fourth-order valence-electron chi connectivity index (χ4n) is 2.42. The number of halogens is 1. The first-order chi connectivity index (χ1) is 9.04. The quantitative estimate of drug-likeness (QED) is 0.915. The maximum atomic E-state index is 13.4. The predicted molar refractivity (Wildman–Crippen MR) is 74.9 cm³/mol. The SMILES string of the molecule is COc1ccc(F)cc1C(N)c1c(C)cccc1C. The van der Waals surface area contributed by atoms with Crippen LogP contribution in [0.15, 0.2) is 36.4 Å². The first-order valence-electron chi connectivity index (χ1n) is 6.19. The molecule has 1 unspecified atom stereocenters. The molecule has 0 aliphatic heterocycles. The standard InChI is InChI=1S/C16H18FNO/c1-10-5-4-6-11(2)15(10)16(18)13-9-12(17)7-8-14(13)19-3/h4-9,16H,18H2,1-3H3. The van der Waals surface area contributed by atoms with Gasteiger partial charge in [0, 0.05) is 5.56 Å². The molecule has 0 bridgehead atoms.